The van der Waals surface area contributed by atoms with Crippen LogP contribution in [0.25, 0.3) is 0 Å². The van der Waals surface area contributed by atoms with Crippen LogP contribution in [0.1, 0.15) is 66.7 Å². The van der Waals surface area contributed by atoms with E-state index in [1.165, 1.54) is 25.7 Å². The van der Waals surface area contributed by atoms with Crippen molar-refractivity contribution in [2.45, 2.75) is 64.5 Å². The molecule has 0 atom stereocenters. The Morgan fingerprint density at radius 2 is 1.93 bits per heavy atom. The molecule has 1 saturated carbocycles. The second-order valence-electron chi connectivity index (χ2n) is 8.00. The number of likely N-dealkylation sites (tertiary alicyclic amines) is 1. The first-order chi connectivity index (χ1) is 13.2. The van der Waals surface area contributed by atoms with Gasteiger partial charge < -0.3 is 15.0 Å². The monoisotopic (exact) mass is 374 g/mol. The average molecular weight is 374 g/mol. The molecule has 2 aliphatic heterocycles. The molecule has 1 aliphatic carbocycles. The molecular formula is C20H30N4O3. The Morgan fingerprint density at radius 3 is 2.70 bits per heavy atom. The number of rotatable bonds is 6. The molecule has 2 fully saturated rings. The molecule has 4 rings (SSSR count). The van der Waals surface area contributed by atoms with E-state index >= 15 is 0 Å². The maximum absolute atomic E-state index is 12.8. The SMILES string of the molecule is O=C(CC1CCCC1)NCCn1nc(C(=O)N2CCCC2)c2c1CCOC2. The Balaban J connectivity index is 1.38. The van der Waals surface area contributed by atoms with Gasteiger partial charge in [0.25, 0.3) is 5.91 Å². The van der Waals surface area contributed by atoms with Gasteiger partial charge in [-0.05, 0) is 31.6 Å². The molecule has 27 heavy (non-hydrogen) atoms. The Bertz CT molecular complexity index is 688. The van der Waals surface area contributed by atoms with E-state index in [1.807, 2.05) is 9.58 Å². The predicted molar refractivity (Wildman–Crippen MR) is 100 cm³/mol. The lowest BCUT2D eigenvalue weighted by molar-refractivity contribution is -0.122. The van der Waals surface area contributed by atoms with Crippen molar-refractivity contribution in [2.75, 3.05) is 26.2 Å². The molecule has 0 unspecified atom stereocenters. The lowest BCUT2D eigenvalue weighted by Crippen LogP contribution is -2.30. The van der Waals surface area contributed by atoms with Crippen molar-refractivity contribution in [2.24, 2.45) is 5.92 Å². The molecule has 1 N–H and O–H groups in total. The zero-order valence-corrected chi connectivity index (χ0v) is 16.0. The van der Waals surface area contributed by atoms with Crippen molar-refractivity contribution >= 4 is 11.8 Å². The molecule has 3 heterocycles. The summed E-state index contributed by atoms with van der Waals surface area (Å²) in [5.41, 5.74) is 2.58. The van der Waals surface area contributed by atoms with Crippen LogP contribution in [0, 0.1) is 5.92 Å². The van der Waals surface area contributed by atoms with E-state index < -0.39 is 0 Å². The Morgan fingerprint density at radius 1 is 1.15 bits per heavy atom. The van der Waals surface area contributed by atoms with Gasteiger partial charge in [0.05, 0.1) is 19.8 Å². The number of carbonyl (C=O) groups is 2. The normalized spacial score (nSPS) is 20.1. The zero-order chi connectivity index (χ0) is 18.6. The molecule has 1 aromatic heterocycles. The number of ether oxygens (including phenoxy) is 1. The highest BCUT2D eigenvalue weighted by molar-refractivity contribution is 5.94. The fourth-order valence-corrected chi connectivity index (χ4v) is 4.59. The summed E-state index contributed by atoms with van der Waals surface area (Å²) in [6, 6.07) is 0. The maximum Gasteiger partial charge on any atom is 0.274 e. The number of fused-ring (bicyclic) bond motifs is 1. The lowest BCUT2D eigenvalue weighted by atomic mass is 10.0. The first-order valence-corrected chi connectivity index (χ1v) is 10.4. The molecule has 148 valence electrons. The van der Waals surface area contributed by atoms with Crippen molar-refractivity contribution in [1.29, 1.82) is 0 Å². The van der Waals surface area contributed by atoms with Crippen molar-refractivity contribution in [3.63, 3.8) is 0 Å². The predicted octanol–water partition coefficient (Wildman–Crippen LogP) is 1.89. The third-order valence-corrected chi connectivity index (χ3v) is 6.09. The highest BCUT2D eigenvalue weighted by atomic mass is 16.5. The van der Waals surface area contributed by atoms with Gasteiger partial charge in [0, 0.05) is 43.7 Å². The molecular weight excluding hydrogens is 344 g/mol. The number of hydrogen-bond donors (Lipinski definition) is 1. The molecule has 2 amide bonds. The summed E-state index contributed by atoms with van der Waals surface area (Å²) in [6.07, 6.45) is 8.43. The maximum atomic E-state index is 12.8. The zero-order valence-electron chi connectivity index (χ0n) is 16.0. The van der Waals surface area contributed by atoms with Crippen LogP contribution in [-0.4, -0.2) is 52.7 Å². The van der Waals surface area contributed by atoms with Crippen LogP contribution >= 0.6 is 0 Å². The van der Waals surface area contributed by atoms with Gasteiger partial charge in [0.2, 0.25) is 5.91 Å². The minimum Gasteiger partial charge on any atom is -0.376 e. The molecule has 7 heteroatoms. The van der Waals surface area contributed by atoms with Gasteiger partial charge in [-0.2, -0.15) is 5.10 Å². The summed E-state index contributed by atoms with van der Waals surface area (Å²) < 4.78 is 7.50. The molecule has 1 saturated heterocycles. The summed E-state index contributed by atoms with van der Waals surface area (Å²) in [6.45, 7) is 3.91. The third-order valence-electron chi connectivity index (χ3n) is 6.09. The van der Waals surface area contributed by atoms with E-state index in [0.717, 1.165) is 43.6 Å². The first kappa shape index (κ1) is 18.5. The summed E-state index contributed by atoms with van der Waals surface area (Å²) in [7, 11) is 0. The Labute approximate surface area is 160 Å². The highest BCUT2D eigenvalue weighted by Crippen LogP contribution is 2.27. The standard InChI is InChI=1S/C20H30N4O3/c25-18(13-15-5-1-2-6-15)21-8-11-24-17-7-12-27-14-16(17)19(22-24)20(26)23-9-3-4-10-23/h15H,1-14H2,(H,21,25). The first-order valence-electron chi connectivity index (χ1n) is 10.4. The molecule has 0 aromatic carbocycles. The van der Waals surface area contributed by atoms with Crippen LogP contribution in [0.5, 0.6) is 0 Å². The molecule has 3 aliphatic rings. The minimum atomic E-state index is 0.0262. The molecule has 0 bridgehead atoms. The minimum absolute atomic E-state index is 0.0262. The van der Waals surface area contributed by atoms with E-state index in [4.69, 9.17) is 4.74 Å². The van der Waals surface area contributed by atoms with Gasteiger partial charge in [0.1, 0.15) is 0 Å². The number of nitrogens with one attached hydrogen (secondary N) is 1. The van der Waals surface area contributed by atoms with E-state index in [1.54, 1.807) is 0 Å². The quantitative estimate of drug-likeness (QED) is 0.825. The van der Waals surface area contributed by atoms with Gasteiger partial charge in [-0.3, -0.25) is 14.3 Å². The van der Waals surface area contributed by atoms with E-state index in [0.29, 0.717) is 44.3 Å². The van der Waals surface area contributed by atoms with Crippen LogP contribution in [0.3, 0.4) is 0 Å². The fraction of sp³-hybridized carbons (Fsp3) is 0.750. The third kappa shape index (κ3) is 4.18. The second-order valence-corrected chi connectivity index (χ2v) is 8.00. The van der Waals surface area contributed by atoms with E-state index in [-0.39, 0.29) is 11.8 Å². The number of amides is 2. The summed E-state index contributed by atoms with van der Waals surface area (Å²) in [5, 5.41) is 7.66. The molecule has 7 nitrogen and oxygen atoms in total. The highest BCUT2D eigenvalue weighted by Gasteiger charge is 2.29. The van der Waals surface area contributed by atoms with Crippen LogP contribution in [0.2, 0.25) is 0 Å². The Kier molecular flexibility index (Phi) is 5.76. The van der Waals surface area contributed by atoms with Gasteiger partial charge in [-0.1, -0.05) is 12.8 Å². The van der Waals surface area contributed by atoms with Crippen LogP contribution in [0.15, 0.2) is 0 Å². The fourth-order valence-electron chi connectivity index (χ4n) is 4.59. The van der Waals surface area contributed by atoms with E-state index in [2.05, 4.69) is 10.4 Å². The number of hydrogen-bond acceptors (Lipinski definition) is 4. The number of aromatic nitrogens is 2. The molecule has 0 spiro atoms. The van der Waals surface area contributed by atoms with Crippen molar-refractivity contribution in [1.82, 2.24) is 20.0 Å². The van der Waals surface area contributed by atoms with Crippen LogP contribution in [-0.2, 0) is 29.1 Å². The van der Waals surface area contributed by atoms with Crippen LogP contribution in [0.4, 0.5) is 0 Å². The number of carbonyl (C=O) groups excluding carboxylic acids is 2. The summed E-state index contributed by atoms with van der Waals surface area (Å²) in [5.74, 6) is 0.724. The van der Waals surface area contributed by atoms with Gasteiger partial charge in [0.15, 0.2) is 5.69 Å². The van der Waals surface area contributed by atoms with Gasteiger partial charge in [-0.15, -0.1) is 0 Å². The van der Waals surface area contributed by atoms with Crippen molar-refractivity contribution < 1.29 is 14.3 Å². The smallest absolute Gasteiger partial charge is 0.274 e. The Hall–Kier alpha value is -1.89. The number of nitrogens with zero attached hydrogens (tertiary/aromatic N) is 3. The van der Waals surface area contributed by atoms with Crippen molar-refractivity contribution in [3.8, 4) is 0 Å². The van der Waals surface area contributed by atoms with E-state index in [9.17, 15) is 9.59 Å². The molecule has 1 aromatic rings. The summed E-state index contributed by atoms with van der Waals surface area (Å²) in [4.78, 5) is 26.9. The van der Waals surface area contributed by atoms with Crippen molar-refractivity contribution in [3.05, 3.63) is 17.0 Å². The van der Waals surface area contributed by atoms with Crippen LogP contribution < -0.4 is 5.32 Å². The second kappa shape index (κ2) is 8.42. The van der Waals surface area contributed by atoms with Gasteiger partial charge >= 0.3 is 0 Å². The largest absolute Gasteiger partial charge is 0.376 e. The molecule has 0 radical (unpaired) electrons. The summed E-state index contributed by atoms with van der Waals surface area (Å²) >= 11 is 0. The average Bonchev–Trinajstić information content (AvgIpc) is 3.43. The topological polar surface area (TPSA) is 76.5 Å². The van der Waals surface area contributed by atoms with Gasteiger partial charge in [-0.25, -0.2) is 0 Å². The lowest BCUT2D eigenvalue weighted by Gasteiger charge is -2.17.